The average molecular weight is 457 g/mol. The standard InChI is InChI=1S/C27H36O6/c1-16(2)27-15-21(31-25(30)18(4)28)26(5,33-27)20-13-11-17(3)23(20)24(27)32-22(29)14-12-19-9-7-6-8-10-19/h6-10,12,14,16-18,20-21,23-24,28H,11,13,15H2,1-5H3/t17-,18+,20-,21-,23-,24?,26+,27?/m1/s1. The Balaban J connectivity index is 1.65. The Labute approximate surface area is 196 Å². The summed E-state index contributed by atoms with van der Waals surface area (Å²) in [5.74, 6) is -0.410. The predicted octanol–water partition coefficient (Wildman–Crippen LogP) is 4.15. The van der Waals surface area contributed by atoms with Crippen LogP contribution in [0.1, 0.15) is 59.4 Å². The Morgan fingerprint density at radius 2 is 1.85 bits per heavy atom. The Morgan fingerprint density at radius 3 is 2.48 bits per heavy atom. The lowest BCUT2D eigenvalue weighted by atomic mass is 9.69. The fourth-order valence-corrected chi connectivity index (χ4v) is 6.38. The summed E-state index contributed by atoms with van der Waals surface area (Å²) in [6, 6.07) is 9.64. The van der Waals surface area contributed by atoms with Crippen LogP contribution in [-0.4, -0.2) is 46.6 Å². The molecule has 1 aliphatic carbocycles. The maximum atomic E-state index is 13.0. The minimum Gasteiger partial charge on any atom is -0.457 e. The molecule has 33 heavy (non-hydrogen) atoms. The van der Waals surface area contributed by atoms with Crippen LogP contribution >= 0.6 is 0 Å². The lowest BCUT2D eigenvalue weighted by Crippen LogP contribution is -2.62. The van der Waals surface area contributed by atoms with E-state index in [2.05, 4.69) is 20.8 Å². The largest absolute Gasteiger partial charge is 0.457 e. The van der Waals surface area contributed by atoms with Crippen molar-refractivity contribution in [2.24, 2.45) is 23.7 Å². The third kappa shape index (κ3) is 4.12. The maximum Gasteiger partial charge on any atom is 0.335 e. The van der Waals surface area contributed by atoms with Crippen molar-refractivity contribution < 1.29 is 28.9 Å². The van der Waals surface area contributed by atoms with Crippen LogP contribution in [0.4, 0.5) is 0 Å². The number of esters is 2. The van der Waals surface area contributed by atoms with Crippen LogP contribution in [-0.2, 0) is 23.8 Å². The minimum absolute atomic E-state index is 0.0386. The van der Waals surface area contributed by atoms with Gasteiger partial charge in [-0.15, -0.1) is 0 Å². The summed E-state index contributed by atoms with van der Waals surface area (Å²) in [4.78, 5) is 25.3. The highest BCUT2D eigenvalue weighted by Gasteiger charge is 2.72. The molecule has 8 atom stereocenters. The number of carbonyl (C=O) groups excluding carboxylic acids is 2. The number of ether oxygens (including phenoxy) is 3. The number of rotatable bonds is 6. The van der Waals surface area contributed by atoms with Crippen molar-refractivity contribution in [1.82, 2.24) is 0 Å². The number of benzene rings is 1. The van der Waals surface area contributed by atoms with E-state index in [0.29, 0.717) is 12.3 Å². The van der Waals surface area contributed by atoms with Crippen molar-refractivity contribution in [3.63, 3.8) is 0 Å². The van der Waals surface area contributed by atoms with Crippen molar-refractivity contribution >= 4 is 18.0 Å². The predicted molar refractivity (Wildman–Crippen MR) is 124 cm³/mol. The van der Waals surface area contributed by atoms with Crippen molar-refractivity contribution in [2.75, 3.05) is 0 Å². The van der Waals surface area contributed by atoms with Gasteiger partial charge < -0.3 is 19.3 Å². The van der Waals surface area contributed by atoms with Gasteiger partial charge in [0.2, 0.25) is 0 Å². The SMILES string of the molecule is CC(C)C12C[C@@H](OC(=O)[C@H](C)O)[C@@](C)(O1)[C@@H]1CC[C@@H](C)[C@H]1C2OC(=O)C=Cc1ccccc1. The van der Waals surface area contributed by atoms with Crippen molar-refractivity contribution in [3.8, 4) is 0 Å². The summed E-state index contributed by atoms with van der Waals surface area (Å²) in [5.41, 5.74) is -0.500. The lowest BCUT2D eigenvalue weighted by Gasteiger charge is -2.52. The highest BCUT2D eigenvalue weighted by Crippen LogP contribution is 2.63. The molecule has 2 heterocycles. The first-order valence-electron chi connectivity index (χ1n) is 12.1. The van der Waals surface area contributed by atoms with Gasteiger partial charge in [0, 0.05) is 18.4 Å². The first-order chi connectivity index (χ1) is 15.6. The molecule has 0 aromatic heterocycles. The van der Waals surface area contributed by atoms with Crippen molar-refractivity contribution in [2.45, 2.75) is 83.4 Å². The first-order valence-corrected chi connectivity index (χ1v) is 12.1. The molecule has 2 unspecified atom stereocenters. The normalized spacial score (nSPS) is 38.3. The van der Waals surface area contributed by atoms with Gasteiger partial charge in [-0.3, -0.25) is 0 Å². The third-order valence-corrected chi connectivity index (χ3v) is 8.21. The highest BCUT2D eigenvalue weighted by molar-refractivity contribution is 5.87. The molecular weight excluding hydrogens is 420 g/mol. The van der Waals surface area contributed by atoms with E-state index >= 15 is 0 Å². The third-order valence-electron chi connectivity index (χ3n) is 8.21. The van der Waals surface area contributed by atoms with Gasteiger partial charge in [0.25, 0.3) is 0 Å². The van der Waals surface area contributed by atoms with Gasteiger partial charge in [-0.1, -0.05) is 51.1 Å². The second kappa shape index (κ2) is 8.88. The molecule has 3 fully saturated rings. The first kappa shape index (κ1) is 24.0. The molecule has 2 bridgehead atoms. The molecule has 0 amide bonds. The van der Waals surface area contributed by atoms with Gasteiger partial charge in [-0.05, 0) is 56.1 Å². The lowest BCUT2D eigenvalue weighted by molar-refractivity contribution is -0.265. The van der Waals surface area contributed by atoms with Crippen LogP contribution < -0.4 is 0 Å². The van der Waals surface area contributed by atoms with Gasteiger partial charge in [0.1, 0.15) is 29.5 Å². The molecule has 1 aromatic carbocycles. The smallest absolute Gasteiger partial charge is 0.335 e. The van der Waals surface area contributed by atoms with Crippen LogP contribution in [0.3, 0.4) is 0 Å². The molecule has 1 aromatic rings. The molecule has 6 nitrogen and oxygen atoms in total. The molecule has 3 aliphatic rings. The van der Waals surface area contributed by atoms with Gasteiger partial charge in [0.15, 0.2) is 0 Å². The highest BCUT2D eigenvalue weighted by atomic mass is 16.6. The van der Waals surface area contributed by atoms with E-state index in [1.54, 1.807) is 6.08 Å². The quantitative estimate of drug-likeness (QED) is 0.511. The molecule has 0 radical (unpaired) electrons. The van der Waals surface area contributed by atoms with E-state index in [0.717, 1.165) is 18.4 Å². The maximum absolute atomic E-state index is 13.0. The zero-order valence-corrected chi connectivity index (χ0v) is 20.2. The summed E-state index contributed by atoms with van der Waals surface area (Å²) in [6.07, 6.45) is 3.49. The minimum atomic E-state index is -1.20. The van der Waals surface area contributed by atoms with Gasteiger partial charge in [-0.2, -0.15) is 0 Å². The molecule has 1 N–H and O–H groups in total. The van der Waals surface area contributed by atoms with Gasteiger partial charge >= 0.3 is 11.9 Å². The van der Waals surface area contributed by atoms with Crippen molar-refractivity contribution in [3.05, 3.63) is 42.0 Å². The van der Waals surface area contributed by atoms with Crippen LogP contribution in [0.15, 0.2) is 36.4 Å². The van der Waals surface area contributed by atoms with Crippen LogP contribution in [0, 0.1) is 23.7 Å². The zero-order chi connectivity index (χ0) is 24.0. The van der Waals surface area contributed by atoms with E-state index in [1.165, 1.54) is 13.0 Å². The van der Waals surface area contributed by atoms with Gasteiger partial charge in [0.05, 0.1) is 0 Å². The zero-order valence-electron chi connectivity index (χ0n) is 20.2. The number of aliphatic hydroxyl groups excluding tert-OH is 1. The van der Waals surface area contributed by atoms with E-state index < -0.39 is 41.5 Å². The summed E-state index contributed by atoms with van der Waals surface area (Å²) in [7, 11) is 0. The average Bonchev–Trinajstić information content (AvgIpc) is 3.28. The molecule has 0 spiro atoms. The van der Waals surface area contributed by atoms with Crippen LogP contribution in [0.2, 0.25) is 0 Å². The molecule has 6 heteroatoms. The number of fused-ring (bicyclic) bond motifs is 4. The van der Waals surface area contributed by atoms with E-state index in [1.807, 2.05) is 37.3 Å². The van der Waals surface area contributed by atoms with E-state index in [9.17, 15) is 14.7 Å². The fourth-order valence-electron chi connectivity index (χ4n) is 6.38. The Hall–Kier alpha value is -2.18. The van der Waals surface area contributed by atoms with Crippen molar-refractivity contribution in [1.29, 1.82) is 0 Å². The number of hydrogen-bond acceptors (Lipinski definition) is 6. The molecule has 4 rings (SSSR count). The molecule has 2 saturated heterocycles. The Bertz CT molecular complexity index is 908. The number of hydrogen-bond donors (Lipinski definition) is 1. The molecule has 2 aliphatic heterocycles. The fraction of sp³-hybridized carbons (Fsp3) is 0.630. The topological polar surface area (TPSA) is 82.1 Å². The Morgan fingerprint density at radius 1 is 1.15 bits per heavy atom. The molecular formula is C27H36O6. The summed E-state index contributed by atoms with van der Waals surface area (Å²) < 4.78 is 18.8. The monoisotopic (exact) mass is 456 g/mol. The van der Waals surface area contributed by atoms with E-state index in [4.69, 9.17) is 14.2 Å². The molecule has 1 saturated carbocycles. The second-order valence-electron chi connectivity index (χ2n) is 10.5. The summed E-state index contributed by atoms with van der Waals surface area (Å²) in [5, 5.41) is 9.74. The van der Waals surface area contributed by atoms with Crippen LogP contribution in [0.25, 0.3) is 6.08 Å². The summed E-state index contributed by atoms with van der Waals surface area (Å²) in [6.45, 7) is 9.79. The van der Waals surface area contributed by atoms with E-state index in [-0.39, 0.29) is 17.8 Å². The number of aliphatic hydroxyl groups is 1. The van der Waals surface area contributed by atoms with Gasteiger partial charge in [-0.25, -0.2) is 9.59 Å². The van der Waals surface area contributed by atoms with Crippen LogP contribution in [0.5, 0.6) is 0 Å². The Kier molecular flexibility index (Phi) is 6.45. The number of carbonyl (C=O) groups is 2. The summed E-state index contributed by atoms with van der Waals surface area (Å²) >= 11 is 0. The molecule has 180 valence electrons. The second-order valence-corrected chi connectivity index (χ2v) is 10.5.